The van der Waals surface area contributed by atoms with Crippen LogP contribution in [-0.4, -0.2) is 49.2 Å². The molecule has 1 heterocycles. The first-order valence-electron chi connectivity index (χ1n) is 6.08. The lowest BCUT2D eigenvalue weighted by Crippen LogP contribution is -2.32. The van der Waals surface area contributed by atoms with Gasteiger partial charge in [0.1, 0.15) is 0 Å². The summed E-state index contributed by atoms with van der Waals surface area (Å²) in [7, 11) is 0. The van der Waals surface area contributed by atoms with E-state index < -0.39 is 12.1 Å². The van der Waals surface area contributed by atoms with Gasteiger partial charge in [-0.2, -0.15) is 0 Å². The quantitative estimate of drug-likeness (QED) is 0.748. The van der Waals surface area contributed by atoms with Gasteiger partial charge in [0.05, 0.1) is 31.9 Å². The monoisotopic (exact) mass is 270 g/mol. The van der Waals surface area contributed by atoms with E-state index in [1.54, 1.807) is 13.8 Å². The Balaban J connectivity index is 2.82. The summed E-state index contributed by atoms with van der Waals surface area (Å²) < 4.78 is 9.76. The zero-order valence-electron chi connectivity index (χ0n) is 11.3. The van der Waals surface area contributed by atoms with Crippen molar-refractivity contribution in [2.45, 2.75) is 20.8 Å². The Labute approximate surface area is 111 Å². The van der Waals surface area contributed by atoms with Crippen LogP contribution in [0.2, 0.25) is 0 Å². The van der Waals surface area contributed by atoms with Gasteiger partial charge in [-0.1, -0.05) is 0 Å². The van der Waals surface area contributed by atoms with Crippen LogP contribution in [0.4, 0.5) is 4.79 Å². The Kier molecular flexibility index (Phi) is 5.35. The highest BCUT2D eigenvalue weighted by Crippen LogP contribution is 2.18. The number of nitrogens with zero attached hydrogens (tertiary/aromatic N) is 1. The molecule has 0 spiro atoms. The predicted octanol–water partition coefficient (Wildman–Crippen LogP) is 0.412. The first-order chi connectivity index (χ1) is 8.99. The topological polar surface area (TPSA) is 84.9 Å². The molecule has 1 aliphatic rings. The summed E-state index contributed by atoms with van der Waals surface area (Å²) in [6, 6.07) is 0. The molecule has 0 saturated carbocycles. The predicted molar refractivity (Wildman–Crippen MR) is 66.1 cm³/mol. The maximum atomic E-state index is 11.8. The van der Waals surface area contributed by atoms with Crippen molar-refractivity contribution in [1.29, 1.82) is 0 Å². The molecule has 1 N–H and O–H groups in total. The fourth-order valence-corrected chi connectivity index (χ4v) is 1.71. The van der Waals surface area contributed by atoms with Gasteiger partial charge >= 0.3 is 12.1 Å². The van der Waals surface area contributed by atoms with Gasteiger partial charge < -0.3 is 14.8 Å². The number of carbonyl (C=O) groups excluding carboxylic acids is 3. The van der Waals surface area contributed by atoms with Crippen molar-refractivity contribution in [3.05, 3.63) is 11.3 Å². The molecule has 106 valence electrons. The van der Waals surface area contributed by atoms with Gasteiger partial charge in [0, 0.05) is 12.6 Å². The fourth-order valence-electron chi connectivity index (χ4n) is 1.71. The van der Waals surface area contributed by atoms with Gasteiger partial charge in [-0.15, -0.1) is 0 Å². The molecule has 0 unspecified atom stereocenters. The molecule has 0 aromatic carbocycles. The van der Waals surface area contributed by atoms with Gasteiger partial charge in [-0.05, 0) is 13.8 Å². The van der Waals surface area contributed by atoms with Crippen molar-refractivity contribution < 1.29 is 23.9 Å². The third-order valence-corrected chi connectivity index (χ3v) is 2.44. The molecule has 2 amide bonds. The molecule has 1 aliphatic heterocycles. The third-order valence-electron chi connectivity index (χ3n) is 2.44. The Bertz CT molecular complexity index is 416. The van der Waals surface area contributed by atoms with E-state index in [0.29, 0.717) is 5.70 Å². The van der Waals surface area contributed by atoms with Crippen LogP contribution in [0, 0.1) is 0 Å². The molecule has 0 bridgehead atoms. The Morgan fingerprint density at radius 2 is 1.79 bits per heavy atom. The van der Waals surface area contributed by atoms with Crippen molar-refractivity contribution in [3.63, 3.8) is 0 Å². The van der Waals surface area contributed by atoms with Crippen molar-refractivity contribution in [2.24, 2.45) is 0 Å². The van der Waals surface area contributed by atoms with E-state index in [-0.39, 0.29) is 37.8 Å². The van der Waals surface area contributed by atoms with Gasteiger partial charge in [0.2, 0.25) is 5.91 Å². The second-order valence-electron chi connectivity index (χ2n) is 3.91. The molecule has 7 heteroatoms. The van der Waals surface area contributed by atoms with E-state index in [1.165, 1.54) is 11.8 Å². The summed E-state index contributed by atoms with van der Waals surface area (Å²) in [4.78, 5) is 35.8. The van der Waals surface area contributed by atoms with Crippen LogP contribution >= 0.6 is 0 Å². The highest BCUT2D eigenvalue weighted by molar-refractivity contribution is 5.93. The van der Waals surface area contributed by atoms with E-state index in [1.807, 2.05) is 0 Å². The number of nitrogens with one attached hydrogen (secondary N) is 1. The first-order valence-corrected chi connectivity index (χ1v) is 6.08. The average Bonchev–Trinajstić information content (AvgIpc) is 2.73. The summed E-state index contributed by atoms with van der Waals surface area (Å²) in [5, 5.41) is 2.55. The lowest BCUT2D eigenvalue weighted by Gasteiger charge is -2.15. The molecule has 19 heavy (non-hydrogen) atoms. The Morgan fingerprint density at radius 1 is 1.16 bits per heavy atom. The van der Waals surface area contributed by atoms with Gasteiger partial charge in [-0.3, -0.25) is 9.69 Å². The lowest BCUT2D eigenvalue weighted by atomic mass is 10.2. The van der Waals surface area contributed by atoms with Crippen LogP contribution in [0.1, 0.15) is 20.8 Å². The van der Waals surface area contributed by atoms with E-state index in [9.17, 15) is 14.4 Å². The molecular formula is C12H18N2O5. The zero-order chi connectivity index (χ0) is 14.4. The molecule has 0 aromatic heterocycles. The van der Waals surface area contributed by atoms with Crippen molar-refractivity contribution in [3.8, 4) is 0 Å². The minimum Gasteiger partial charge on any atom is -0.463 e. The third kappa shape index (κ3) is 3.97. The number of hydrogen-bond donors (Lipinski definition) is 1. The summed E-state index contributed by atoms with van der Waals surface area (Å²) in [5.41, 5.74) is 0.670. The minimum atomic E-state index is -0.530. The second kappa shape index (κ2) is 6.77. The molecule has 0 radical (unpaired) electrons. The molecule has 1 rings (SSSR count). The fraction of sp³-hybridized carbons (Fsp3) is 0.583. The number of esters is 1. The zero-order valence-corrected chi connectivity index (χ0v) is 11.3. The normalized spacial score (nSPS) is 14.4. The van der Waals surface area contributed by atoms with Crippen molar-refractivity contribution in [2.75, 3.05) is 26.3 Å². The Hall–Kier alpha value is -2.05. The van der Waals surface area contributed by atoms with E-state index >= 15 is 0 Å². The first kappa shape index (κ1) is 15.0. The standard InChI is InChI=1S/C12H18N2O5/c1-4-18-11(16)9-6-14(12(17)19-5-2)7-10(9)13-8(3)15/h4-7H2,1-3H3,(H,13,15). The highest BCUT2D eigenvalue weighted by Gasteiger charge is 2.31. The molecule has 7 nitrogen and oxygen atoms in total. The van der Waals surface area contributed by atoms with Gasteiger partial charge in [0.15, 0.2) is 0 Å². The summed E-state index contributed by atoms with van der Waals surface area (Å²) in [6.07, 6.45) is -0.523. The average molecular weight is 270 g/mol. The van der Waals surface area contributed by atoms with E-state index in [4.69, 9.17) is 9.47 Å². The van der Waals surface area contributed by atoms with E-state index in [2.05, 4.69) is 5.32 Å². The van der Waals surface area contributed by atoms with Crippen molar-refractivity contribution in [1.82, 2.24) is 10.2 Å². The summed E-state index contributed by atoms with van der Waals surface area (Å²) in [6.45, 7) is 5.41. The largest absolute Gasteiger partial charge is 0.463 e. The molecular weight excluding hydrogens is 252 g/mol. The van der Waals surface area contributed by atoms with Crippen molar-refractivity contribution >= 4 is 18.0 Å². The van der Waals surface area contributed by atoms with Gasteiger partial charge in [-0.25, -0.2) is 9.59 Å². The van der Waals surface area contributed by atoms with Crippen LogP contribution in [0.25, 0.3) is 0 Å². The number of amides is 2. The molecule has 0 atom stereocenters. The minimum absolute atomic E-state index is 0.0767. The molecule has 0 saturated heterocycles. The maximum absolute atomic E-state index is 11.8. The lowest BCUT2D eigenvalue weighted by molar-refractivity contribution is -0.138. The van der Waals surface area contributed by atoms with Crippen LogP contribution in [0.3, 0.4) is 0 Å². The number of ether oxygens (including phenoxy) is 2. The Morgan fingerprint density at radius 3 is 2.32 bits per heavy atom. The molecule has 0 aliphatic carbocycles. The smallest absolute Gasteiger partial charge is 0.410 e. The number of carbonyl (C=O) groups is 3. The van der Waals surface area contributed by atoms with Crippen LogP contribution < -0.4 is 5.32 Å². The van der Waals surface area contributed by atoms with Crippen LogP contribution in [0.15, 0.2) is 11.3 Å². The maximum Gasteiger partial charge on any atom is 0.410 e. The SMILES string of the molecule is CCOC(=O)C1=C(NC(C)=O)CN(C(=O)OCC)C1. The summed E-state index contributed by atoms with van der Waals surface area (Å²) in [5.74, 6) is -0.833. The number of rotatable bonds is 4. The second-order valence-corrected chi connectivity index (χ2v) is 3.91. The van der Waals surface area contributed by atoms with Gasteiger partial charge in [0.25, 0.3) is 0 Å². The number of hydrogen-bond acceptors (Lipinski definition) is 5. The molecule has 0 fully saturated rings. The molecule has 0 aromatic rings. The van der Waals surface area contributed by atoms with Crippen LogP contribution in [-0.2, 0) is 19.1 Å². The van der Waals surface area contributed by atoms with E-state index in [0.717, 1.165) is 0 Å². The van der Waals surface area contributed by atoms with Crippen LogP contribution in [0.5, 0.6) is 0 Å². The highest BCUT2D eigenvalue weighted by atomic mass is 16.6. The summed E-state index contributed by atoms with van der Waals surface area (Å²) >= 11 is 0.